The lowest BCUT2D eigenvalue weighted by Crippen LogP contribution is -2.48. The first-order valence-electron chi connectivity index (χ1n) is 19.8. The van der Waals surface area contributed by atoms with E-state index in [-0.39, 0.29) is 0 Å². The Bertz CT molecular complexity index is 1210. The number of benzene rings is 2. The predicted molar refractivity (Wildman–Crippen MR) is 195 cm³/mol. The van der Waals surface area contributed by atoms with Crippen LogP contribution in [0.15, 0.2) is 54.1 Å². The predicted octanol–water partition coefficient (Wildman–Crippen LogP) is 9.52. The zero-order valence-electron chi connectivity index (χ0n) is 29.9. The second kappa shape index (κ2) is 15.1. The van der Waals surface area contributed by atoms with Crippen molar-refractivity contribution in [1.29, 1.82) is 0 Å². The van der Waals surface area contributed by atoms with Crippen LogP contribution < -0.4 is 9.47 Å². The fourth-order valence-electron chi connectivity index (χ4n) is 10.6. The lowest BCUT2D eigenvalue weighted by molar-refractivity contribution is -0.914. The molecule has 0 amide bonds. The number of quaternary nitrogens is 2. The van der Waals surface area contributed by atoms with Gasteiger partial charge in [-0.15, -0.1) is 0 Å². The van der Waals surface area contributed by atoms with Crippen molar-refractivity contribution in [3.8, 4) is 11.5 Å². The molecule has 4 saturated carbocycles. The third-order valence-corrected chi connectivity index (χ3v) is 13.1. The van der Waals surface area contributed by atoms with Crippen molar-refractivity contribution in [1.82, 2.24) is 0 Å². The molecular formula is C43H64N2O2+2. The number of rotatable bonds is 14. The van der Waals surface area contributed by atoms with E-state index < -0.39 is 0 Å². The van der Waals surface area contributed by atoms with Crippen LogP contribution in [0.25, 0.3) is 5.57 Å². The van der Waals surface area contributed by atoms with Crippen LogP contribution in [0, 0.1) is 23.7 Å². The van der Waals surface area contributed by atoms with Crippen LogP contribution in [-0.2, 0) is 0 Å². The molecule has 4 bridgehead atoms. The minimum Gasteiger partial charge on any atom is -0.494 e. The Hall–Kier alpha value is -2.30. The van der Waals surface area contributed by atoms with Crippen LogP contribution in [0.4, 0.5) is 0 Å². The third kappa shape index (κ3) is 8.30. The summed E-state index contributed by atoms with van der Waals surface area (Å²) in [6.45, 7) is 9.67. The molecule has 8 rings (SSSR count). The van der Waals surface area contributed by atoms with Gasteiger partial charge in [-0.1, -0.05) is 29.8 Å². The molecule has 256 valence electrons. The van der Waals surface area contributed by atoms with Crippen LogP contribution in [0.2, 0.25) is 0 Å². The van der Waals surface area contributed by atoms with Crippen molar-refractivity contribution in [3.63, 3.8) is 0 Å². The summed E-state index contributed by atoms with van der Waals surface area (Å²) in [4.78, 5) is 0. The maximum absolute atomic E-state index is 6.28. The minimum atomic E-state index is 0.766. The number of hydrogen-bond acceptors (Lipinski definition) is 2. The van der Waals surface area contributed by atoms with E-state index in [1.807, 2.05) is 0 Å². The Morgan fingerprint density at radius 3 is 1.34 bits per heavy atom. The van der Waals surface area contributed by atoms with Crippen molar-refractivity contribution in [2.75, 3.05) is 66.6 Å². The molecule has 4 nitrogen and oxygen atoms in total. The maximum Gasteiger partial charge on any atom is 0.119 e. The van der Waals surface area contributed by atoms with E-state index in [2.05, 4.69) is 62.6 Å². The van der Waals surface area contributed by atoms with Crippen LogP contribution >= 0.6 is 0 Å². The van der Waals surface area contributed by atoms with Crippen molar-refractivity contribution < 1.29 is 18.4 Å². The molecule has 47 heavy (non-hydrogen) atoms. The molecule has 6 fully saturated rings. The van der Waals surface area contributed by atoms with Crippen molar-refractivity contribution >= 4 is 5.57 Å². The van der Waals surface area contributed by atoms with Gasteiger partial charge >= 0.3 is 0 Å². The molecule has 2 aromatic rings. The largest absolute Gasteiger partial charge is 0.494 e. The van der Waals surface area contributed by atoms with E-state index in [4.69, 9.17) is 9.47 Å². The average Bonchev–Trinajstić information content (AvgIpc) is 3.07. The van der Waals surface area contributed by atoms with Gasteiger partial charge < -0.3 is 18.4 Å². The topological polar surface area (TPSA) is 18.5 Å². The smallest absolute Gasteiger partial charge is 0.119 e. The second-order valence-corrected chi connectivity index (χ2v) is 17.0. The number of unbranched alkanes of at least 4 members (excludes halogenated alkanes) is 2. The van der Waals surface area contributed by atoms with E-state index >= 15 is 0 Å². The molecule has 4 heteroatoms. The molecule has 0 unspecified atom stereocenters. The summed E-state index contributed by atoms with van der Waals surface area (Å²) < 4.78 is 15.1. The molecule has 0 spiro atoms. The molecule has 2 aliphatic heterocycles. The molecule has 2 aromatic carbocycles. The summed E-state index contributed by atoms with van der Waals surface area (Å²) in [5.41, 5.74) is 6.01. The molecule has 4 aliphatic carbocycles. The highest BCUT2D eigenvalue weighted by molar-refractivity contribution is 5.83. The summed E-state index contributed by atoms with van der Waals surface area (Å²) in [6.07, 6.45) is 20.4. The van der Waals surface area contributed by atoms with Gasteiger partial charge in [0.2, 0.25) is 0 Å². The molecule has 0 radical (unpaired) electrons. The fourth-order valence-corrected chi connectivity index (χ4v) is 10.6. The van der Waals surface area contributed by atoms with Crippen molar-refractivity contribution in [2.45, 2.75) is 96.3 Å². The van der Waals surface area contributed by atoms with E-state index in [1.54, 1.807) is 5.57 Å². The molecule has 2 saturated heterocycles. The van der Waals surface area contributed by atoms with Crippen molar-refractivity contribution in [2.24, 2.45) is 23.7 Å². The lowest BCUT2D eigenvalue weighted by Gasteiger charge is -2.52. The maximum atomic E-state index is 6.28. The molecular weight excluding hydrogens is 576 g/mol. The summed E-state index contributed by atoms with van der Waals surface area (Å²) in [5, 5.41) is 0. The Balaban J connectivity index is 0.985. The van der Waals surface area contributed by atoms with Gasteiger partial charge in [0.15, 0.2) is 0 Å². The Morgan fingerprint density at radius 1 is 0.532 bits per heavy atom. The number of nitrogens with zero attached hydrogens (tertiary/aromatic N) is 2. The average molecular weight is 641 g/mol. The zero-order valence-corrected chi connectivity index (χ0v) is 29.9. The first-order valence-corrected chi connectivity index (χ1v) is 19.8. The first-order chi connectivity index (χ1) is 23.0. The SMILES string of the molecule is C[N+]1(CCCCOc2ccc(C(=C3C4CC5CC(C4)CC3C5)c3ccc(OCCCC[N+]4(C)CCCCC4)cc3)cc2)CCCCC1. The van der Waals surface area contributed by atoms with Gasteiger partial charge in [0, 0.05) is 0 Å². The van der Waals surface area contributed by atoms with E-state index in [9.17, 15) is 0 Å². The second-order valence-electron chi connectivity index (χ2n) is 17.0. The van der Waals surface area contributed by atoms with E-state index in [0.29, 0.717) is 0 Å². The number of likely N-dealkylation sites (tertiary alicyclic amines) is 2. The minimum absolute atomic E-state index is 0.766. The van der Waals surface area contributed by atoms with E-state index in [1.165, 1.54) is 148 Å². The molecule has 2 heterocycles. The van der Waals surface area contributed by atoms with Crippen LogP contribution in [-0.4, -0.2) is 75.5 Å². The van der Waals surface area contributed by atoms with Gasteiger partial charge in [-0.2, -0.15) is 0 Å². The van der Waals surface area contributed by atoms with Gasteiger partial charge in [0.1, 0.15) is 11.5 Å². The van der Waals surface area contributed by atoms with Gasteiger partial charge in [-0.05, 0) is 161 Å². The third-order valence-electron chi connectivity index (χ3n) is 13.1. The molecule has 0 N–H and O–H groups in total. The summed E-state index contributed by atoms with van der Waals surface area (Å²) >= 11 is 0. The Kier molecular flexibility index (Phi) is 10.7. The lowest BCUT2D eigenvalue weighted by atomic mass is 9.53. The van der Waals surface area contributed by atoms with Crippen LogP contribution in [0.1, 0.15) is 107 Å². The van der Waals surface area contributed by atoms with Gasteiger partial charge in [0.25, 0.3) is 0 Å². The van der Waals surface area contributed by atoms with Gasteiger partial charge in [-0.3, -0.25) is 0 Å². The highest BCUT2D eigenvalue weighted by Crippen LogP contribution is 2.58. The summed E-state index contributed by atoms with van der Waals surface area (Å²) in [7, 11) is 4.90. The molecule has 0 aromatic heterocycles. The van der Waals surface area contributed by atoms with Crippen LogP contribution in [0.5, 0.6) is 11.5 Å². The zero-order chi connectivity index (χ0) is 32.1. The quantitative estimate of drug-likeness (QED) is 0.151. The highest BCUT2D eigenvalue weighted by Gasteiger charge is 2.46. The highest BCUT2D eigenvalue weighted by atomic mass is 16.5. The normalized spacial score (nSPS) is 27.5. The van der Waals surface area contributed by atoms with Gasteiger partial charge in [0.05, 0.1) is 66.6 Å². The number of allylic oxidation sites excluding steroid dienone is 1. The Morgan fingerprint density at radius 2 is 0.936 bits per heavy atom. The van der Waals surface area contributed by atoms with E-state index in [0.717, 1.165) is 61.2 Å². The van der Waals surface area contributed by atoms with Crippen molar-refractivity contribution in [3.05, 3.63) is 65.2 Å². The fraction of sp³-hybridized carbons (Fsp3) is 0.674. The van der Waals surface area contributed by atoms with Crippen LogP contribution in [0.3, 0.4) is 0 Å². The molecule has 6 aliphatic rings. The summed E-state index contributed by atoms with van der Waals surface area (Å²) in [5.74, 6) is 5.49. The number of ether oxygens (including phenoxy) is 2. The summed E-state index contributed by atoms with van der Waals surface area (Å²) in [6, 6.07) is 18.3. The number of piperidine rings is 2. The molecule has 0 atom stereocenters. The van der Waals surface area contributed by atoms with Gasteiger partial charge in [-0.25, -0.2) is 0 Å². The Labute approximate surface area is 286 Å². The number of hydrogen-bond donors (Lipinski definition) is 0. The standard InChI is InChI=1S/C43H64N2O2/c1-44(21-5-3-6-22-44)25-9-11-27-46-40-17-13-36(14-18-40)42(43-38-30-34-29-35(32-38)33-39(43)31-34)37-15-19-41(20-16-37)47-28-12-10-26-45(2)23-7-4-8-24-45/h13-20,34-35,38-39H,3-12,21-33H2,1-2H3/q+2. The first kappa shape index (κ1) is 33.2. The monoisotopic (exact) mass is 640 g/mol.